The van der Waals surface area contributed by atoms with Gasteiger partial charge in [-0.1, -0.05) is 11.6 Å². The number of esters is 1. The first-order chi connectivity index (χ1) is 15.2. The zero-order valence-electron chi connectivity index (χ0n) is 17.1. The van der Waals surface area contributed by atoms with E-state index in [2.05, 4.69) is 10.3 Å². The summed E-state index contributed by atoms with van der Waals surface area (Å²) >= 11 is 7.17. The van der Waals surface area contributed by atoms with Gasteiger partial charge < -0.3 is 14.2 Å². The van der Waals surface area contributed by atoms with E-state index in [0.717, 1.165) is 23.5 Å². The molecule has 0 saturated carbocycles. The van der Waals surface area contributed by atoms with Gasteiger partial charge in [-0.3, -0.25) is 10.1 Å². The van der Waals surface area contributed by atoms with Crippen LogP contribution in [-0.4, -0.2) is 37.2 Å². The minimum Gasteiger partial charge on any atom is -0.493 e. The van der Waals surface area contributed by atoms with E-state index in [9.17, 15) is 18.4 Å². The van der Waals surface area contributed by atoms with Crippen LogP contribution < -0.4 is 14.8 Å². The highest BCUT2D eigenvalue weighted by molar-refractivity contribution is 7.14. The normalized spacial score (nSPS) is 11.6. The third kappa shape index (κ3) is 5.14. The molecule has 1 atom stereocenters. The van der Waals surface area contributed by atoms with Crippen LogP contribution >= 0.6 is 22.9 Å². The average molecular weight is 483 g/mol. The lowest BCUT2D eigenvalue weighted by Crippen LogP contribution is -2.30. The number of methoxy groups -OCH3 is 2. The third-order valence-corrected chi connectivity index (χ3v) is 5.31. The van der Waals surface area contributed by atoms with Gasteiger partial charge in [0.2, 0.25) is 0 Å². The van der Waals surface area contributed by atoms with Gasteiger partial charge in [-0.25, -0.2) is 18.6 Å². The minimum absolute atomic E-state index is 0.0715. The van der Waals surface area contributed by atoms with Crippen LogP contribution in [0, 0.1) is 11.6 Å². The van der Waals surface area contributed by atoms with Crippen molar-refractivity contribution in [2.45, 2.75) is 13.0 Å². The molecule has 2 aromatic carbocycles. The smallest absolute Gasteiger partial charge is 0.339 e. The van der Waals surface area contributed by atoms with Crippen molar-refractivity contribution in [2.24, 2.45) is 0 Å². The molecule has 7 nitrogen and oxygen atoms in total. The Morgan fingerprint density at radius 2 is 1.88 bits per heavy atom. The van der Waals surface area contributed by atoms with Gasteiger partial charge in [0.1, 0.15) is 0 Å². The van der Waals surface area contributed by atoms with Crippen molar-refractivity contribution in [3.05, 3.63) is 57.9 Å². The molecule has 0 aliphatic heterocycles. The van der Waals surface area contributed by atoms with Crippen molar-refractivity contribution in [3.8, 4) is 22.8 Å². The molecule has 0 aliphatic carbocycles. The Morgan fingerprint density at radius 1 is 1.12 bits per heavy atom. The fourth-order valence-electron chi connectivity index (χ4n) is 2.64. The predicted molar refractivity (Wildman–Crippen MR) is 116 cm³/mol. The van der Waals surface area contributed by atoms with Gasteiger partial charge >= 0.3 is 5.97 Å². The highest BCUT2D eigenvalue weighted by atomic mass is 35.5. The lowest BCUT2D eigenvalue weighted by Gasteiger charge is -2.14. The number of benzene rings is 2. The van der Waals surface area contributed by atoms with Gasteiger partial charge in [0, 0.05) is 10.9 Å². The number of hydrogen-bond donors (Lipinski definition) is 1. The van der Waals surface area contributed by atoms with Crippen LogP contribution in [0.1, 0.15) is 17.3 Å². The number of amides is 1. The van der Waals surface area contributed by atoms with E-state index in [1.165, 1.54) is 39.3 Å². The monoisotopic (exact) mass is 482 g/mol. The fourth-order valence-corrected chi connectivity index (χ4v) is 3.65. The quantitative estimate of drug-likeness (QED) is 0.480. The first kappa shape index (κ1) is 23.4. The zero-order valence-corrected chi connectivity index (χ0v) is 18.6. The largest absolute Gasteiger partial charge is 0.493 e. The van der Waals surface area contributed by atoms with Crippen molar-refractivity contribution in [1.29, 1.82) is 0 Å². The van der Waals surface area contributed by atoms with Crippen LogP contribution in [0.4, 0.5) is 13.9 Å². The number of anilines is 1. The van der Waals surface area contributed by atoms with E-state index in [1.54, 1.807) is 5.38 Å². The number of hydrogen-bond acceptors (Lipinski definition) is 7. The van der Waals surface area contributed by atoms with Crippen LogP contribution in [0.5, 0.6) is 11.5 Å². The molecule has 1 amide bonds. The van der Waals surface area contributed by atoms with Crippen molar-refractivity contribution < 1.29 is 32.6 Å². The Bertz CT molecular complexity index is 1170. The Hall–Kier alpha value is -3.24. The molecule has 1 aromatic heterocycles. The van der Waals surface area contributed by atoms with Crippen LogP contribution in [0.2, 0.25) is 5.02 Å². The van der Waals surface area contributed by atoms with Gasteiger partial charge in [0.05, 0.1) is 30.5 Å². The number of carbonyl (C=O) groups excluding carboxylic acids is 2. The van der Waals surface area contributed by atoms with Gasteiger partial charge in [-0.2, -0.15) is 0 Å². The Balaban J connectivity index is 1.66. The van der Waals surface area contributed by atoms with Crippen molar-refractivity contribution in [1.82, 2.24) is 4.98 Å². The van der Waals surface area contributed by atoms with E-state index in [0.29, 0.717) is 11.3 Å². The maximum absolute atomic E-state index is 13.4. The van der Waals surface area contributed by atoms with Crippen molar-refractivity contribution in [3.63, 3.8) is 0 Å². The molecule has 11 heteroatoms. The van der Waals surface area contributed by atoms with Crippen LogP contribution in [-0.2, 0) is 9.53 Å². The van der Waals surface area contributed by atoms with Crippen molar-refractivity contribution in [2.75, 3.05) is 19.5 Å². The summed E-state index contributed by atoms with van der Waals surface area (Å²) in [5, 5.41) is 4.44. The molecule has 1 unspecified atom stereocenters. The Kier molecular flexibility index (Phi) is 7.26. The summed E-state index contributed by atoms with van der Waals surface area (Å²) in [5.41, 5.74) is 0.779. The first-order valence-corrected chi connectivity index (χ1v) is 10.3. The minimum atomic E-state index is -1.16. The summed E-state index contributed by atoms with van der Waals surface area (Å²) in [6, 6.07) is 6.09. The molecule has 0 spiro atoms. The maximum atomic E-state index is 13.4. The number of nitrogens with one attached hydrogen (secondary N) is 1. The predicted octanol–water partition coefficient (Wildman–Crippen LogP) is 4.94. The van der Waals surface area contributed by atoms with Gasteiger partial charge in [0.15, 0.2) is 34.4 Å². The van der Waals surface area contributed by atoms with Gasteiger partial charge in [0.25, 0.3) is 5.91 Å². The molecule has 3 aromatic rings. The van der Waals surface area contributed by atoms with E-state index in [4.69, 9.17) is 25.8 Å². The summed E-state index contributed by atoms with van der Waals surface area (Å²) in [7, 11) is 2.80. The van der Waals surface area contributed by atoms with E-state index < -0.39 is 29.6 Å². The second-order valence-corrected chi connectivity index (χ2v) is 7.66. The van der Waals surface area contributed by atoms with Crippen LogP contribution in [0.3, 0.4) is 0 Å². The summed E-state index contributed by atoms with van der Waals surface area (Å²) in [6.45, 7) is 1.39. The zero-order chi connectivity index (χ0) is 23.4. The number of halogens is 3. The number of ether oxygens (including phenoxy) is 3. The van der Waals surface area contributed by atoms with Crippen molar-refractivity contribution >= 4 is 39.9 Å². The molecular weight excluding hydrogens is 466 g/mol. The summed E-state index contributed by atoms with van der Waals surface area (Å²) < 4.78 is 42.0. The lowest BCUT2D eigenvalue weighted by atomic mass is 10.2. The molecule has 1 N–H and O–H groups in total. The van der Waals surface area contributed by atoms with E-state index in [-0.39, 0.29) is 27.2 Å². The Morgan fingerprint density at radius 3 is 2.53 bits per heavy atom. The molecule has 0 aliphatic rings. The second-order valence-electron chi connectivity index (χ2n) is 6.40. The second kappa shape index (κ2) is 9.92. The van der Waals surface area contributed by atoms with Crippen LogP contribution in [0.15, 0.2) is 35.7 Å². The van der Waals surface area contributed by atoms with E-state index >= 15 is 0 Å². The maximum Gasteiger partial charge on any atom is 0.339 e. The van der Waals surface area contributed by atoms with Gasteiger partial charge in [-0.15, -0.1) is 11.3 Å². The number of carbonyl (C=O) groups is 2. The van der Waals surface area contributed by atoms with E-state index in [1.807, 2.05) is 0 Å². The highest BCUT2D eigenvalue weighted by Crippen LogP contribution is 2.36. The summed E-state index contributed by atoms with van der Waals surface area (Å²) in [4.78, 5) is 29.0. The molecular formula is C21H17ClF2N2O5S. The van der Waals surface area contributed by atoms with Gasteiger partial charge in [-0.05, 0) is 37.3 Å². The molecule has 0 bridgehead atoms. The number of rotatable bonds is 7. The molecule has 0 saturated heterocycles. The highest BCUT2D eigenvalue weighted by Gasteiger charge is 2.22. The average Bonchev–Trinajstić information content (AvgIpc) is 3.23. The fraction of sp³-hybridized carbons (Fsp3) is 0.190. The first-order valence-electron chi connectivity index (χ1n) is 9.07. The lowest BCUT2D eigenvalue weighted by molar-refractivity contribution is -0.123. The SMILES string of the molecule is COc1cc(C(=O)OC(C)C(=O)Nc2nc(-c3ccc(F)c(F)c3)cs2)cc(Cl)c1OC. The molecule has 168 valence electrons. The molecule has 0 fully saturated rings. The summed E-state index contributed by atoms with van der Waals surface area (Å²) in [5.74, 6) is -2.90. The summed E-state index contributed by atoms with van der Waals surface area (Å²) in [6.07, 6.45) is -1.16. The standard InChI is InChI=1S/C21H17ClF2N2O5S/c1-10(31-20(28)12-6-13(22)18(30-3)17(8-12)29-2)19(27)26-21-25-16(9-32-21)11-4-5-14(23)15(24)7-11/h4-10H,1-3H3,(H,25,26,27). The Labute approximate surface area is 190 Å². The number of thiazole rings is 1. The number of nitrogens with zero attached hydrogens (tertiary/aromatic N) is 1. The molecule has 32 heavy (non-hydrogen) atoms. The molecule has 0 radical (unpaired) electrons. The van der Waals surface area contributed by atoms with Crippen LogP contribution in [0.25, 0.3) is 11.3 Å². The molecule has 1 heterocycles. The topological polar surface area (TPSA) is 86.8 Å². The molecule has 3 rings (SSSR count). The third-order valence-electron chi connectivity index (χ3n) is 4.27. The number of aromatic nitrogens is 1.